The van der Waals surface area contributed by atoms with Gasteiger partial charge in [-0.2, -0.15) is 0 Å². The van der Waals surface area contributed by atoms with Crippen LogP contribution in [0.3, 0.4) is 0 Å². The summed E-state index contributed by atoms with van der Waals surface area (Å²) < 4.78 is 0. The van der Waals surface area contributed by atoms with E-state index < -0.39 is 0 Å². The molecule has 1 aliphatic rings. The van der Waals surface area contributed by atoms with E-state index in [1.165, 1.54) is 11.6 Å². The first-order valence-corrected chi connectivity index (χ1v) is 12.1. The van der Waals surface area contributed by atoms with Crippen LogP contribution in [0.5, 0.6) is 0 Å². The van der Waals surface area contributed by atoms with Crippen LogP contribution in [0.25, 0.3) is 0 Å². The fraction of sp³-hybridized carbons (Fsp3) is 0.103. The van der Waals surface area contributed by atoms with E-state index in [1.807, 2.05) is 35.2 Å². The Bertz CT molecular complexity index is 1420. The molecular formula is C29H22Cl2N2O2. The van der Waals surface area contributed by atoms with Gasteiger partial charge in [0, 0.05) is 22.0 Å². The first-order chi connectivity index (χ1) is 17.0. The SMILES string of the molecule is O=C(Nc1ccc(C(=O)N2Cc3ccccc3CCc3ccccc32)cc1)c1ccc(Cl)cc1Cl. The van der Waals surface area contributed by atoms with Crippen LogP contribution in [0.15, 0.2) is 91.0 Å². The smallest absolute Gasteiger partial charge is 0.258 e. The van der Waals surface area contributed by atoms with E-state index in [2.05, 4.69) is 23.5 Å². The zero-order chi connectivity index (χ0) is 24.4. The highest BCUT2D eigenvalue weighted by Gasteiger charge is 2.23. The van der Waals surface area contributed by atoms with E-state index in [4.69, 9.17) is 23.2 Å². The summed E-state index contributed by atoms with van der Waals surface area (Å²) in [6.45, 7) is 0.500. The summed E-state index contributed by atoms with van der Waals surface area (Å²) in [5.74, 6) is -0.437. The molecule has 1 heterocycles. The Kier molecular flexibility index (Phi) is 6.58. The minimum atomic E-state index is -0.347. The number of benzene rings is 4. The Morgan fingerprint density at radius 1 is 0.743 bits per heavy atom. The van der Waals surface area contributed by atoms with Crippen LogP contribution in [0.4, 0.5) is 11.4 Å². The van der Waals surface area contributed by atoms with Gasteiger partial charge in [-0.15, -0.1) is 0 Å². The van der Waals surface area contributed by atoms with Gasteiger partial charge >= 0.3 is 0 Å². The van der Waals surface area contributed by atoms with Gasteiger partial charge in [-0.05, 0) is 78.1 Å². The van der Waals surface area contributed by atoms with Gasteiger partial charge < -0.3 is 10.2 Å². The summed E-state index contributed by atoms with van der Waals surface area (Å²) in [5, 5.41) is 3.56. The predicted octanol–water partition coefficient (Wildman–Crippen LogP) is 7.19. The van der Waals surface area contributed by atoms with Crippen molar-refractivity contribution < 1.29 is 9.59 Å². The fourth-order valence-electron chi connectivity index (χ4n) is 4.37. The van der Waals surface area contributed by atoms with Crippen molar-refractivity contribution >= 4 is 46.4 Å². The second-order valence-electron chi connectivity index (χ2n) is 8.44. The molecule has 0 atom stereocenters. The average molecular weight is 501 g/mol. The Morgan fingerprint density at radius 2 is 1.40 bits per heavy atom. The lowest BCUT2D eigenvalue weighted by molar-refractivity contribution is 0.0983. The normalized spacial score (nSPS) is 12.7. The van der Waals surface area contributed by atoms with Crippen molar-refractivity contribution in [3.63, 3.8) is 0 Å². The maximum absolute atomic E-state index is 13.7. The van der Waals surface area contributed by atoms with Gasteiger partial charge in [0.15, 0.2) is 0 Å². The zero-order valence-corrected chi connectivity index (χ0v) is 20.3. The van der Waals surface area contributed by atoms with E-state index in [1.54, 1.807) is 36.4 Å². The first kappa shape index (κ1) is 23.2. The average Bonchev–Trinajstić information content (AvgIpc) is 2.85. The van der Waals surface area contributed by atoms with Crippen molar-refractivity contribution in [2.24, 2.45) is 0 Å². The molecule has 0 saturated carbocycles. The quantitative estimate of drug-likeness (QED) is 0.323. The number of amides is 2. The lowest BCUT2D eigenvalue weighted by Crippen LogP contribution is -2.32. The minimum Gasteiger partial charge on any atom is -0.322 e. The highest BCUT2D eigenvalue weighted by Crippen LogP contribution is 2.30. The zero-order valence-electron chi connectivity index (χ0n) is 18.8. The Labute approximate surface area is 214 Å². The molecule has 5 rings (SSSR count). The number of nitrogens with zero attached hydrogens (tertiary/aromatic N) is 1. The van der Waals surface area contributed by atoms with Crippen LogP contribution < -0.4 is 10.2 Å². The molecule has 0 radical (unpaired) electrons. The molecule has 1 N–H and O–H groups in total. The number of anilines is 2. The molecule has 0 saturated heterocycles. The second-order valence-corrected chi connectivity index (χ2v) is 9.29. The molecule has 35 heavy (non-hydrogen) atoms. The molecule has 174 valence electrons. The predicted molar refractivity (Wildman–Crippen MR) is 142 cm³/mol. The lowest BCUT2D eigenvalue weighted by atomic mass is 9.95. The molecule has 0 fully saturated rings. The maximum Gasteiger partial charge on any atom is 0.258 e. The van der Waals surface area contributed by atoms with Crippen LogP contribution >= 0.6 is 23.2 Å². The molecule has 0 unspecified atom stereocenters. The van der Waals surface area contributed by atoms with E-state index >= 15 is 0 Å². The minimum absolute atomic E-state index is 0.0900. The third kappa shape index (κ3) is 4.95. The van der Waals surface area contributed by atoms with Crippen molar-refractivity contribution in [1.82, 2.24) is 0 Å². The van der Waals surface area contributed by atoms with E-state index in [-0.39, 0.29) is 16.8 Å². The Balaban J connectivity index is 1.40. The van der Waals surface area contributed by atoms with E-state index in [0.717, 1.165) is 29.7 Å². The van der Waals surface area contributed by atoms with Gasteiger partial charge in [0.2, 0.25) is 0 Å². The van der Waals surface area contributed by atoms with E-state index in [9.17, 15) is 9.59 Å². The van der Waals surface area contributed by atoms with Gasteiger partial charge in [-0.25, -0.2) is 0 Å². The van der Waals surface area contributed by atoms with Gasteiger partial charge in [0.25, 0.3) is 11.8 Å². The summed E-state index contributed by atoms with van der Waals surface area (Å²) in [6, 6.07) is 28.0. The lowest BCUT2D eigenvalue weighted by Gasteiger charge is -2.29. The molecule has 6 heteroatoms. The van der Waals surface area contributed by atoms with Gasteiger partial charge in [-0.1, -0.05) is 65.7 Å². The highest BCUT2D eigenvalue weighted by atomic mass is 35.5. The molecule has 4 aromatic carbocycles. The maximum atomic E-state index is 13.7. The molecule has 2 amide bonds. The topological polar surface area (TPSA) is 49.4 Å². The van der Waals surface area contributed by atoms with Crippen molar-refractivity contribution in [1.29, 1.82) is 0 Å². The summed E-state index contributed by atoms with van der Waals surface area (Å²) >= 11 is 12.1. The molecule has 0 spiro atoms. The number of fused-ring (bicyclic) bond motifs is 2. The van der Waals surface area contributed by atoms with Crippen molar-refractivity contribution in [3.8, 4) is 0 Å². The number of nitrogens with one attached hydrogen (secondary N) is 1. The summed E-state index contributed by atoms with van der Waals surface area (Å²) in [4.78, 5) is 28.1. The van der Waals surface area contributed by atoms with Gasteiger partial charge in [0.1, 0.15) is 0 Å². The monoisotopic (exact) mass is 500 g/mol. The summed E-state index contributed by atoms with van der Waals surface area (Å²) in [5.41, 5.74) is 5.93. The van der Waals surface area contributed by atoms with Crippen LogP contribution in [0.1, 0.15) is 37.4 Å². The molecular weight excluding hydrogens is 479 g/mol. The van der Waals surface area contributed by atoms with Crippen molar-refractivity contribution in [2.45, 2.75) is 19.4 Å². The molecule has 0 aliphatic carbocycles. The Hall–Kier alpha value is -3.60. The standard InChI is InChI=1S/C29H22Cl2N2O2/c30-23-13-16-25(26(31)17-23)28(34)32-24-14-11-21(12-15-24)29(35)33-18-22-7-2-1-5-19(22)9-10-20-6-3-4-8-27(20)33/h1-8,11-17H,9-10,18H2,(H,32,34). The summed E-state index contributed by atoms with van der Waals surface area (Å²) in [7, 11) is 0. The largest absolute Gasteiger partial charge is 0.322 e. The van der Waals surface area contributed by atoms with Crippen LogP contribution in [-0.4, -0.2) is 11.8 Å². The summed E-state index contributed by atoms with van der Waals surface area (Å²) in [6.07, 6.45) is 1.82. The third-order valence-electron chi connectivity index (χ3n) is 6.20. The van der Waals surface area contributed by atoms with Gasteiger partial charge in [-0.3, -0.25) is 9.59 Å². The molecule has 4 aromatic rings. The number of hydrogen-bond acceptors (Lipinski definition) is 2. The molecule has 1 aliphatic heterocycles. The van der Waals surface area contributed by atoms with Crippen LogP contribution in [0, 0.1) is 0 Å². The number of aryl methyl sites for hydroxylation is 2. The van der Waals surface area contributed by atoms with Gasteiger partial charge in [0.05, 0.1) is 17.1 Å². The number of para-hydroxylation sites is 1. The number of rotatable bonds is 3. The fourth-order valence-corrected chi connectivity index (χ4v) is 4.87. The first-order valence-electron chi connectivity index (χ1n) is 11.3. The number of carbonyl (C=O) groups excluding carboxylic acids is 2. The molecule has 0 bridgehead atoms. The number of hydrogen-bond donors (Lipinski definition) is 1. The molecule has 0 aromatic heterocycles. The Morgan fingerprint density at radius 3 is 2.14 bits per heavy atom. The highest BCUT2D eigenvalue weighted by molar-refractivity contribution is 6.37. The molecule has 4 nitrogen and oxygen atoms in total. The number of carbonyl (C=O) groups is 2. The van der Waals surface area contributed by atoms with Crippen LogP contribution in [-0.2, 0) is 19.4 Å². The van der Waals surface area contributed by atoms with Crippen LogP contribution in [0.2, 0.25) is 10.0 Å². The third-order valence-corrected chi connectivity index (χ3v) is 6.75. The second kappa shape index (κ2) is 9.95. The van der Waals surface area contributed by atoms with Crippen molar-refractivity contribution in [3.05, 3.63) is 129 Å². The number of halogens is 2. The van der Waals surface area contributed by atoms with Crippen molar-refractivity contribution in [2.75, 3.05) is 10.2 Å². The van der Waals surface area contributed by atoms with E-state index in [0.29, 0.717) is 28.4 Å².